The molecule has 0 radical (unpaired) electrons. The monoisotopic (exact) mass is 207 g/mol. The van der Waals surface area contributed by atoms with Gasteiger partial charge in [-0.2, -0.15) is 0 Å². The van der Waals surface area contributed by atoms with Gasteiger partial charge in [-0.3, -0.25) is 10.1 Å². The Bertz CT molecular complexity index is 455. The van der Waals surface area contributed by atoms with Gasteiger partial charge in [-0.25, -0.2) is 0 Å². The maximum atomic E-state index is 10.5. The molecule has 0 aliphatic heterocycles. The highest BCUT2D eigenvalue weighted by Gasteiger charge is 2.08. The molecular formula is C8H5N3O2S. The van der Waals surface area contributed by atoms with Gasteiger partial charge in [0.2, 0.25) is 0 Å². The number of aromatic nitrogens is 2. The van der Waals surface area contributed by atoms with Gasteiger partial charge in [-0.05, 0) is 0 Å². The number of nitro benzene ring substituents is 1. The van der Waals surface area contributed by atoms with Crippen molar-refractivity contribution in [1.29, 1.82) is 0 Å². The minimum atomic E-state index is -0.426. The van der Waals surface area contributed by atoms with Gasteiger partial charge in [0, 0.05) is 17.7 Å². The molecule has 6 heteroatoms. The number of hydrogen-bond donors (Lipinski definition) is 0. The molecular weight excluding hydrogens is 202 g/mol. The first-order valence-corrected chi connectivity index (χ1v) is 4.66. The Hall–Kier alpha value is -1.82. The lowest BCUT2D eigenvalue weighted by Crippen LogP contribution is -1.87. The summed E-state index contributed by atoms with van der Waals surface area (Å²) < 4.78 is 0. The van der Waals surface area contributed by atoms with Gasteiger partial charge >= 0.3 is 0 Å². The summed E-state index contributed by atoms with van der Waals surface area (Å²) in [7, 11) is 0. The topological polar surface area (TPSA) is 68.9 Å². The van der Waals surface area contributed by atoms with Gasteiger partial charge in [0.25, 0.3) is 5.69 Å². The van der Waals surface area contributed by atoms with E-state index in [4.69, 9.17) is 0 Å². The fraction of sp³-hybridized carbons (Fsp3) is 0. The first-order chi connectivity index (χ1) is 6.77. The van der Waals surface area contributed by atoms with E-state index in [9.17, 15) is 10.1 Å². The molecule has 1 heterocycles. The molecule has 0 spiro atoms. The zero-order valence-electron chi connectivity index (χ0n) is 6.95. The van der Waals surface area contributed by atoms with Crippen molar-refractivity contribution in [2.75, 3.05) is 0 Å². The Morgan fingerprint density at radius 1 is 1.43 bits per heavy atom. The molecule has 1 aromatic heterocycles. The van der Waals surface area contributed by atoms with Crippen LogP contribution in [0.3, 0.4) is 0 Å². The third-order valence-electron chi connectivity index (χ3n) is 1.66. The third kappa shape index (κ3) is 1.60. The van der Waals surface area contributed by atoms with Gasteiger partial charge in [0.15, 0.2) is 0 Å². The molecule has 0 bridgehead atoms. The van der Waals surface area contributed by atoms with E-state index in [0.29, 0.717) is 5.01 Å². The zero-order chi connectivity index (χ0) is 9.97. The highest BCUT2D eigenvalue weighted by Crippen LogP contribution is 2.24. The van der Waals surface area contributed by atoms with Crippen molar-refractivity contribution in [3.8, 4) is 10.6 Å². The van der Waals surface area contributed by atoms with Gasteiger partial charge < -0.3 is 0 Å². The van der Waals surface area contributed by atoms with Gasteiger partial charge in [-0.1, -0.05) is 23.5 Å². The summed E-state index contributed by atoms with van der Waals surface area (Å²) >= 11 is 1.35. The second-order valence-electron chi connectivity index (χ2n) is 2.55. The molecule has 0 aliphatic rings. The minimum absolute atomic E-state index is 0.0673. The molecule has 0 atom stereocenters. The predicted octanol–water partition coefficient (Wildman–Crippen LogP) is 2.11. The lowest BCUT2D eigenvalue weighted by Gasteiger charge is -1.94. The van der Waals surface area contributed by atoms with E-state index >= 15 is 0 Å². The van der Waals surface area contributed by atoms with E-state index in [1.54, 1.807) is 17.6 Å². The van der Waals surface area contributed by atoms with Crippen LogP contribution in [0.5, 0.6) is 0 Å². The molecule has 5 nitrogen and oxygen atoms in total. The standard InChI is InChI=1S/C8H5N3O2S/c12-11(13)7-3-1-2-6(4-7)8-10-9-5-14-8/h1-5H. The van der Waals surface area contributed by atoms with E-state index in [1.807, 2.05) is 0 Å². The normalized spacial score (nSPS) is 10.0. The highest BCUT2D eigenvalue weighted by atomic mass is 32.1. The maximum absolute atomic E-state index is 10.5. The number of non-ortho nitro benzene ring substituents is 1. The molecule has 0 aliphatic carbocycles. The van der Waals surface area contributed by atoms with Crippen LogP contribution < -0.4 is 0 Å². The Morgan fingerprint density at radius 2 is 2.29 bits per heavy atom. The van der Waals surface area contributed by atoms with Crippen LogP contribution in [-0.2, 0) is 0 Å². The molecule has 14 heavy (non-hydrogen) atoms. The number of benzene rings is 1. The van der Waals surface area contributed by atoms with Gasteiger partial charge in [0.05, 0.1) is 4.92 Å². The molecule has 0 unspecified atom stereocenters. The molecule has 0 N–H and O–H groups in total. The Morgan fingerprint density at radius 3 is 2.93 bits per heavy atom. The molecule has 0 fully saturated rings. The van der Waals surface area contributed by atoms with Crippen LogP contribution >= 0.6 is 11.3 Å². The summed E-state index contributed by atoms with van der Waals surface area (Å²) in [6, 6.07) is 6.34. The molecule has 1 aromatic carbocycles. The van der Waals surface area contributed by atoms with Crippen LogP contribution in [-0.4, -0.2) is 15.1 Å². The average Bonchev–Trinajstić information content (AvgIpc) is 2.71. The van der Waals surface area contributed by atoms with E-state index in [0.717, 1.165) is 5.56 Å². The zero-order valence-corrected chi connectivity index (χ0v) is 7.77. The van der Waals surface area contributed by atoms with Crippen LogP contribution in [0.2, 0.25) is 0 Å². The minimum Gasteiger partial charge on any atom is -0.258 e. The molecule has 2 rings (SSSR count). The maximum Gasteiger partial charge on any atom is 0.270 e. The van der Waals surface area contributed by atoms with Crippen molar-refractivity contribution in [3.05, 3.63) is 39.9 Å². The molecule has 0 amide bonds. The first-order valence-electron chi connectivity index (χ1n) is 3.78. The van der Waals surface area contributed by atoms with Crippen LogP contribution in [0, 0.1) is 10.1 Å². The third-order valence-corrected chi connectivity index (χ3v) is 2.40. The lowest BCUT2D eigenvalue weighted by molar-refractivity contribution is -0.384. The average molecular weight is 207 g/mol. The summed E-state index contributed by atoms with van der Waals surface area (Å²) in [5.41, 5.74) is 2.38. The summed E-state index contributed by atoms with van der Waals surface area (Å²) in [6.45, 7) is 0. The fourth-order valence-electron chi connectivity index (χ4n) is 1.05. The number of nitrogens with zero attached hydrogens (tertiary/aromatic N) is 3. The quantitative estimate of drug-likeness (QED) is 0.558. The van der Waals surface area contributed by atoms with Crippen molar-refractivity contribution in [3.63, 3.8) is 0 Å². The summed E-state index contributed by atoms with van der Waals surface area (Å²) in [6.07, 6.45) is 0. The SMILES string of the molecule is O=[N+]([O-])c1cccc(-c2nncs2)c1. The van der Waals surface area contributed by atoms with E-state index in [-0.39, 0.29) is 5.69 Å². The number of hydrogen-bond acceptors (Lipinski definition) is 5. The molecule has 70 valence electrons. The van der Waals surface area contributed by atoms with Crippen molar-refractivity contribution >= 4 is 17.0 Å². The molecule has 2 aromatic rings. The number of nitro groups is 1. The van der Waals surface area contributed by atoms with Crippen molar-refractivity contribution < 1.29 is 4.92 Å². The largest absolute Gasteiger partial charge is 0.270 e. The summed E-state index contributed by atoms with van der Waals surface area (Å²) in [4.78, 5) is 10.1. The van der Waals surface area contributed by atoms with Crippen molar-refractivity contribution in [1.82, 2.24) is 10.2 Å². The van der Waals surface area contributed by atoms with Crippen LogP contribution in [0.15, 0.2) is 29.8 Å². The van der Waals surface area contributed by atoms with Gasteiger partial charge in [-0.15, -0.1) is 10.2 Å². The van der Waals surface area contributed by atoms with Crippen molar-refractivity contribution in [2.24, 2.45) is 0 Å². The summed E-state index contributed by atoms with van der Waals surface area (Å²) in [5.74, 6) is 0. The molecule has 0 saturated heterocycles. The highest BCUT2D eigenvalue weighted by molar-refractivity contribution is 7.12. The van der Waals surface area contributed by atoms with Crippen LogP contribution in [0.1, 0.15) is 0 Å². The summed E-state index contributed by atoms with van der Waals surface area (Å²) in [5, 5.41) is 18.7. The second-order valence-corrected chi connectivity index (χ2v) is 3.38. The molecule has 0 saturated carbocycles. The lowest BCUT2D eigenvalue weighted by atomic mass is 10.2. The van der Waals surface area contributed by atoms with Gasteiger partial charge in [0.1, 0.15) is 10.5 Å². The second kappa shape index (κ2) is 3.51. The van der Waals surface area contributed by atoms with Crippen molar-refractivity contribution in [2.45, 2.75) is 0 Å². The number of rotatable bonds is 2. The Labute approximate surface area is 83.2 Å². The first kappa shape index (κ1) is 8.76. The van der Waals surface area contributed by atoms with E-state index in [1.165, 1.54) is 23.5 Å². The predicted molar refractivity (Wildman–Crippen MR) is 52.0 cm³/mol. The van der Waals surface area contributed by atoms with E-state index < -0.39 is 4.92 Å². The Balaban J connectivity index is 2.46. The fourth-order valence-corrected chi connectivity index (χ4v) is 1.60. The van der Waals surface area contributed by atoms with E-state index in [2.05, 4.69) is 10.2 Å². The van der Waals surface area contributed by atoms with Crippen LogP contribution in [0.25, 0.3) is 10.6 Å². The smallest absolute Gasteiger partial charge is 0.258 e. The Kier molecular flexibility index (Phi) is 2.19. The van der Waals surface area contributed by atoms with Crippen LogP contribution in [0.4, 0.5) is 5.69 Å².